The normalized spacial score (nSPS) is 18.0. The van der Waals surface area contributed by atoms with Gasteiger partial charge in [-0.25, -0.2) is 4.98 Å². The van der Waals surface area contributed by atoms with E-state index in [1.54, 1.807) is 7.11 Å². The van der Waals surface area contributed by atoms with Crippen molar-refractivity contribution in [2.45, 2.75) is 32.6 Å². The van der Waals surface area contributed by atoms with Gasteiger partial charge < -0.3 is 10.1 Å². The summed E-state index contributed by atoms with van der Waals surface area (Å²) >= 11 is 1.84. The molecule has 0 bridgehead atoms. The highest BCUT2D eigenvalue weighted by Crippen LogP contribution is 2.43. The van der Waals surface area contributed by atoms with E-state index in [-0.39, 0.29) is 0 Å². The molecule has 1 fully saturated rings. The molecule has 17 heavy (non-hydrogen) atoms. The molecule has 1 aliphatic carbocycles. The van der Waals surface area contributed by atoms with Gasteiger partial charge in [0.1, 0.15) is 0 Å². The molecule has 1 aromatic heterocycles. The Morgan fingerprint density at radius 2 is 2.35 bits per heavy atom. The molecular weight excluding hydrogens is 232 g/mol. The molecule has 0 spiro atoms. The lowest BCUT2D eigenvalue weighted by atomic mass is 9.66. The molecule has 96 valence electrons. The summed E-state index contributed by atoms with van der Waals surface area (Å²) in [4.78, 5) is 5.79. The number of rotatable bonds is 7. The van der Waals surface area contributed by atoms with Crippen LogP contribution in [0.25, 0.3) is 0 Å². The molecule has 0 aliphatic heterocycles. The molecule has 0 unspecified atom stereocenters. The maximum Gasteiger partial charge on any atom is 0.0896 e. The SMILES string of the molecule is COCCNCC1(Cc2cnc(C)s2)CCC1. The number of aromatic nitrogens is 1. The van der Waals surface area contributed by atoms with Crippen molar-refractivity contribution in [3.8, 4) is 0 Å². The Morgan fingerprint density at radius 3 is 2.88 bits per heavy atom. The summed E-state index contributed by atoms with van der Waals surface area (Å²) in [6.45, 7) is 4.96. The van der Waals surface area contributed by atoms with Crippen molar-refractivity contribution in [2.24, 2.45) is 5.41 Å². The van der Waals surface area contributed by atoms with Gasteiger partial charge in [0.25, 0.3) is 0 Å². The highest BCUT2D eigenvalue weighted by atomic mass is 32.1. The van der Waals surface area contributed by atoms with Crippen LogP contribution in [0.3, 0.4) is 0 Å². The van der Waals surface area contributed by atoms with Crippen LogP contribution in [0, 0.1) is 12.3 Å². The van der Waals surface area contributed by atoms with Gasteiger partial charge in [0.2, 0.25) is 0 Å². The van der Waals surface area contributed by atoms with Crippen LogP contribution < -0.4 is 5.32 Å². The summed E-state index contributed by atoms with van der Waals surface area (Å²) in [5.41, 5.74) is 0.493. The topological polar surface area (TPSA) is 34.1 Å². The van der Waals surface area contributed by atoms with E-state index in [2.05, 4.69) is 23.4 Å². The van der Waals surface area contributed by atoms with Crippen LogP contribution in [0.5, 0.6) is 0 Å². The molecule has 1 aliphatic rings. The maximum atomic E-state index is 5.06. The smallest absolute Gasteiger partial charge is 0.0896 e. The molecule has 0 aromatic carbocycles. The second kappa shape index (κ2) is 5.94. The van der Waals surface area contributed by atoms with E-state index in [9.17, 15) is 0 Å². The van der Waals surface area contributed by atoms with Crippen molar-refractivity contribution in [3.05, 3.63) is 16.1 Å². The second-order valence-corrected chi connectivity index (χ2v) is 6.36. The summed E-state index contributed by atoms with van der Waals surface area (Å²) in [6.07, 6.45) is 7.32. The zero-order chi connectivity index (χ0) is 12.1. The highest BCUT2D eigenvalue weighted by molar-refractivity contribution is 7.11. The molecule has 0 saturated heterocycles. The van der Waals surface area contributed by atoms with Gasteiger partial charge >= 0.3 is 0 Å². The molecule has 1 aromatic rings. The van der Waals surface area contributed by atoms with E-state index in [1.807, 2.05) is 11.3 Å². The van der Waals surface area contributed by atoms with Gasteiger partial charge in [-0.1, -0.05) is 6.42 Å². The van der Waals surface area contributed by atoms with Gasteiger partial charge in [0, 0.05) is 31.3 Å². The molecule has 0 radical (unpaired) electrons. The maximum absolute atomic E-state index is 5.06. The first-order valence-corrected chi connectivity index (χ1v) is 7.17. The largest absolute Gasteiger partial charge is 0.383 e. The van der Waals surface area contributed by atoms with Gasteiger partial charge in [-0.3, -0.25) is 0 Å². The lowest BCUT2D eigenvalue weighted by Gasteiger charge is -2.42. The number of nitrogens with zero attached hydrogens (tertiary/aromatic N) is 1. The number of ether oxygens (including phenoxy) is 1. The minimum Gasteiger partial charge on any atom is -0.383 e. The average Bonchev–Trinajstić information content (AvgIpc) is 2.66. The predicted octanol–water partition coefficient (Wildman–Crippen LogP) is 2.40. The van der Waals surface area contributed by atoms with Gasteiger partial charge in [-0.2, -0.15) is 0 Å². The van der Waals surface area contributed by atoms with Crippen LogP contribution in [-0.4, -0.2) is 31.8 Å². The van der Waals surface area contributed by atoms with Gasteiger partial charge in [-0.15, -0.1) is 11.3 Å². The molecule has 0 atom stereocenters. The molecule has 1 N–H and O–H groups in total. The van der Waals surface area contributed by atoms with Crippen molar-refractivity contribution >= 4 is 11.3 Å². The van der Waals surface area contributed by atoms with Crippen molar-refractivity contribution < 1.29 is 4.74 Å². The van der Waals surface area contributed by atoms with Crippen LogP contribution in [0.4, 0.5) is 0 Å². The number of thiazole rings is 1. The third kappa shape index (κ3) is 3.50. The zero-order valence-corrected chi connectivity index (χ0v) is 11.6. The molecule has 0 amide bonds. The fourth-order valence-electron chi connectivity index (χ4n) is 2.48. The van der Waals surface area contributed by atoms with E-state index in [0.717, 1.165) is 19.7 Å². The Bertz CT molecular complexity index is 347. The quantitative estimate of drug-likeness (QED) is 0.759. The Balaban J connectivity index is 1.82. The molecular formula is C13H22N2OS. The Morgan fingerprint density at radius 1 is 1.53 bits per heavy atom. The van der Waals surface area contributed by atoms with Crippen LogP contribution in [-0.2, 0) is 11.2 Å². The van der Waals surface area contributed by atoms with Gasteiger partial charge in [0.15, 0.2) is 0 Å². The van der Waals surface area contributed by atoms with Crippen LogP contribution in [0.15, 0.2) is 6.20 Å². The Hall–Kier alpha value is -0.450. The first kappa shape index (κ1) is 13.0. The standard InChI is InChI=1S/C13H22N2OS/c1-11-15-9-12(17-11)8-13(4-3-5-13)10-14-6-7-16-2/h9,14H,3-8,10H2,1-2H3. The van der Waals surface area contributed by atoms with Crippen molar-refractivity contribution in [1.29, 1.82) is 0 Å². The predicted molar refractivity (Wildman–Crippen MR) is 71.6 cm³/mol. The van der Waals surface area contributed by atoms with E-state index in [0.29, 0.717) is 5.41 Å². The van der Waals surface area contributed by atoms with E-state index in [1.165, 1.54) is 35.6 Å². The zero-order valence-electron chi connectivity index (χ0n) is 10.8. The number of aryl methyl sites for hydroxylation is 1. The number of hydrogen-bond acceptors (Lipinski definition) is 4. The average molecular weight is 254 g/mol. The van der Waals surface area contributed by atoms with Crippen molar-refractivity contribution in [1.82, 2.24) is 10.3 Å². The van der Waals surface area contributed by atoms with E-state index in [4.69, 9.17) is 4.74 Å². The fourth-order valence-corrected chi connectivity index (χ4v) is 3.45. The number of nitrogens with one attached hydrogen (secondary N) is 1. The fraction of sp³-hybridized carbons (Fsp3) is 0.769. The highest BCUT2D eigenvalue weighted by Gasteiger charge is 2.36. The lowest BCUT2D eigenvalue weighted by molar-refractivity contribution is 0.124. The van der Waals surface area contributed by atoms with Gasteiger partial charge in [-0.05, 0) is 31.6 Å². The van der Waals surface area contributed by atoms with Crippen molar-refractivity contribution in [2.75, 3.05) is 26.8 Å². The molecule has 2 rings (SSSR count). The lowest BCUT2D eigenvalue weighted by Crippen LogP contribution is -2.42. The monoisotopic (exact) mass is 254 g/mol. The summed E-state index contributed by atoms with van der Waals surface area (Å²) in [7, 11) is 1.75. The molecule has 3 nitrogen and oxygen atoms in total. The minimum atomic E-state index is 0.493. The van der Waals surface area contributed by atoms with Gasteiger partial charge in [0.05, 0.1) is 11.6 Å². The Kier molecular flexibility index (Phi) is 4.54. The Labute approximate surface area is 108 Å². The van der Waals surface area contributed by atoms with Crippen LogP contribution in [0.2, 0.25) is 0 Å². The van der Waals surface area contributed by atoms with Crippen molar-refractivity contribution in [3.63, 3.8) is 0 Å². The number of hydrogen-bond donors (Lipinski definition) is 1. The third-order valence-corrected chi connectivity index (χ3v) is 4.53. The third-order valence-electron chi connectivity index (χ3n) is 3.62. The summed E-state index contributed by atoms with van der Waals surface area (Å²) < 4.78 is 5.06. The molecule has 1 saturated carbocycles. The van der Waals surface area contributed by atoms with Crippen LogP contribution in [0.1, 0.15) is 29.1 Å². The summed E-state index contributed by atoms with van der Waals surface area (Å²) in [6, 6.07) is 0. The first-order valence-electron chi connectivity index (χ1n) is 6.35. The molecule has 1 heterocycles. The number of methoxy groups -OCH3 is 1. The second-order valence-electron chi connectivity index (χ2n) is 5.05. The minimum absolute atomic E-state index is 0.493. The van der Waals surface area contributed by atoms with Crippen LogP contribution >= 0.6 is 11.3 Å². The summed E-state index contributed by atoms with van der Waals surface area (Å²) in [5.74, 6) is 0. The first-order chi connectivity index (χ1) is 8.24. The van der Waals surface area contributed by atoms with E-state index >= 15 is 0 Å². The molecule has 4 heteroatoms. The van der Waals surface area contributed by atoms with E-state index < -0.39 is 0 Å². The summed E-state index contributed by atoms with van der Waals surface area (Å²) in [5, 5.41) is 4.70.